The first-order chi connectivity index (χ1) is 8.02. The highest BCUT2D eigenvalue weighted by molar-refractivity contribution is 5.71. The molecule has 17 heavy (non-hydrogen) atoms. The molecule has 0 heterocycles. The molecule has 94 valence electrons. The normalized spacial score (nSPS) is 11.9. The van der Waals surface area contributed by atoms with E-state index in [1.165, 1.54) is 6.07 Å². The number of phenols is 1. The van der Waals surface area contributed by atoms with Crippen LogP contribution in [0.3, 0.4) is 0 Å². The average Bonchev–Trinajstić information content (AvgIpc) is 2.27. The lowest BCUT2D eigenvalue weighted by molar-refractivity contribution is -0.150. The predicted octanol–water partition coefficient (Wildman–Crippen LogP) is 2.42. The Hall–Kier alpha value is -1.71. The van der Waals surface area contributed by atoms with Crippen LogP contribution < -0.4 is 4.74 Å². The van der Waals surface area contributed by atoms with Crippen molar-refractivity contribution in [1.82, 2.24) is 0 Å². The van der Waals surface area contributed by atoms with E-state index < -0.39 is 0 Å². The van der Waals surface area contributed by atoms with Crippen LogP contribution in [0.15, 0.2) is 18.2 Å². The van der Waals surface area contributed by atoms with E-state index in [0.29, 0.717) is 5.75 Å². The zero-order valence-corrected chi connectivity index (χ0v) is 10.4. The Balaban J connectivity index is 2.47. The molecule has 1 unspecified atom stereocenters. The molecule has 1 atom stereocenters. The average molecular weight is 238 g/mol. The monoisotopic (exact) mass is 238 g/mol. The van der Waals surface area contributed by atoms with Gasteiger partial charge < -0.3 is 14.6 Å². The van der Waals surface area contributed by atoms with Crippen molar-refractivity contribution < 1.29 is 19.4 Å². The third-order valence-corrected chi connectivity index (χ3v) is 2.41. The summed E-state index contributed by atoms with van der Waals surface area (Å²) in [6.07, 6.45) is 0.691. The number of ether oxygens (including phenoxy) is 2. The van der Waals surface area contributed by atoms with Crippen molar-refractivity contribution in [3.05, 3.63) is 23.8 Å². The lowest BCUT2D eigenvalue weighted by Gasteiger charge is -2.12. The first kappa shape index (κ1) is 13.4. The molecule has 1 rings (SSSR count). The van der Waals surface area contributed by atoms with Crippen molar-refractivity contribution in [2.45, 2.75) is 33.3 Å². The molecule has 0 fully saturated rings. The molecule has 4 nitrogen and oxygen atoms in total. The number of hydrogen-bond donors (Lipinski definition) is 1. The maximum Gasteiger partial charge on any atom is 0.344 e. The number of esters is 1. The number of rotatable bonds is 5. The fraction of sp³-hybridized carbons (Fsp3) is 0.462. The molecule has 0 aliphatic heterocycles. The van der Waals surface area contributed by atoms with Gasteiger partial charge in [0.15, 0.2) is 6.61 Å². The minimum Gasteiger partial charge on any atom is -0.508 e. The third-order valence-electron chi connectivity index (χ3n) is 2.41. The number of hydrogen-bond acceptors (Lipinski definition) is 4. The summed E-state index contributed by atoms with van der Waals surface area (Å²) in [4.78, 5) is 11.4. The van der Waals surface area contributed by atoms with Gasteiger partial charge in [-0.05, 0) is 44.0 Å². The second kappa shape index (κ2) is 6.13. The van der Waals surface area contributed by atoms with Crippen LogP contribution in [0.2, 0.25) is 0 Å². The van der Waals surface area contributed by atoms with E-state index in [9.17, 15) is 9.90 Å². The summed E-state index contributed by atoms with van der Waals surface area (Å²) >= 11 is 0. The highest BCUT2D eigenvalue weighted by Crippen LogP contribution is 2.22. The highest BCUT2D eigenvalue weighted by Gasteiger charge is 2.09. The molecule has 0 saturated heterocycles. The van der Waals surface area contributed by atoms with E-state index in [4.69, 9.17) is 9.47 Å². The van der Waals surface area contributed by atoms with Crippen LogP contribution in [0, 0.1) is 6.92 Å². The molecule has 1 aromatic rings. The first-order valence-electron chi connectivity index (χ1n) is 5.64. The molecule has 0 radical (unpaired) electrons. The number of phenolic OH excluding ortho intramolecular Hbond substituents is 1. The minimum absolute atomic E-state index is 0.0907. The van der Waals surface area contributed by atoms with Crippen molar-refractivity contribution in [2.75, 3.05) is 6.61 Å². The molecule has 0 aliphatic carbocycles. The zero-order valence-electron chi connectivity index (χ0n) is 10.4. The molecule has 0 saturated carbocycles. The van der Waals surface area contributed by atoms with Gasteiger partial charge in [-0.15, -0.1) is 0 Å². The smallest absolute Gasteiger partial charge is 0.344 e. The summed E-state index contributed by atoms with van der Waals surface area (Å²) in [6, 6.07) is 4.72. The summed E-state index contributed by atoms with van der Waals surface area (Å²) in [6.45, 7) is 5.47. The van der Waals surface area contributed by atoms with Gasteiger partial charge in [-0.25, -0.2) is 4.79 Å². The molecular weight excluding hydrogens is 220 g/mol. The van der Waals surface area contributed by atoms with Gasteiger partial charge in [0.25, 0.3) is 0 Å². The molecule has 0 aliphatic rings. The van der Waals surface area contributed by atoms with Crippen molar-refractivity contribution in [3.63, 3.8) is 0 Å². The quantitative estimate of drug-likeness (QED) is 0.800. The second-order valence-electron chi connectivity index (χ2n) is 3.95. The van der Waals surface area contributed by atoms with E-state index in [-0.39, 0.29) is 24.4 Å². The van der Waals surface area contributed by atoms with Crippen LogP contribution in [0.4, 0.5) is 0 Å². The van der Waals surface area contributed by atoms with E-state index in [1.54, 1.807) is 19.1 Å². The van der Waals surface area contributed by atoms with Crippen molar-refractivity contribution in [1.29, 1.82) is 0 Å². The summed E-state index contributed by atoms with van der Waals surface area (Å²) < 4.78 is 10.4. The number of carbonyl (C=O) groups excluding carboxylic acids is 1. The SMILES string of the molecule is CCC(C)OC(=O)COc1ccc(O)cc1C. The topological polar surface area (TPSA) is 55.8 Å². The van der Waals surface area contributed by atoms with Crippen LogP contribution in [0.1, 0.15) is 25.8 Å². The van der Waals surface area contributed by atoms with E-state index in [1.807, 2.05) is 13.8 Å². The molecule has 0 aromatic heterocycles. The van der Waals surface area contributed by atoms with Gasteiger partial charge in [0.05, 0.1) is 6.10 Å². The highest BCUT2D eigenvalue weighted by atomic mass is 16.6. The van der Waals surface area contributed by atoms with Gasteiger partial charge >= 0.3 is 5.97 Å². The molecule has 0 spiro atoms. The molecule has 1 aromatic carbocycles. The standard InChI is InChI=1S/C13H18O4/c1-4-10(3)17-13(15)8-16-12-6-5-11(14)7-9(12)2/h5-7,10,14H,4,8H2,1-3H3. The number of aromatic hydroxyl groups is 1. The Kier molecular flexibility index (Phi) is 4.82. The number of benzene rings is 1. The number of aryl methyl sites for hydroxylation is 1. The van der Waals surface area contributed by atoms with Gasteiger partial charge in [0.1, 0.15) is 11.5 Å². The Morgan fingerprint density at radius 2 is 2.18 bits per heavy atom. The maximum atomic E-state index is 11.4. The first-order valence-corrected chi connectivity index (χ1v) is 5.64. The van der Waals surface area contributed by atoms with Gasteiger partial charge in [0, 0.05) is 0 Å². The van der Waals surface area contributed by atoms with E-state index in [2.05, 4.69) is 0 Å². The molecule has 4 heteroatoms. The maximum absolute atomic E-state index is 11.4. The van der Waals surface area contributed by atoms with E-state index in [0.717, 1.165) is 12.0 Å². The van der Waals surface area contributed by atoms with Crippen LogP contribution >= 0.6 is 0 Å². The van der Waals surface area contributed by atoms with Gasteiger partial charge in [-0.3, -0.25) is 0 Å². The fourth-order valence-corrected chi connectivity index (χ4v) is 1.27. The molecule has 0 bridgehead atoms. The lowest BCUT2D eigenvalue weighted by Crippen LogP contribution is -2.20. The van der Waals surface area contributed by atoms with Crippen LogP contribution in [-0.2, 0) is 9.53 Å². The molecule has 0 amide bonds. The van der Waals surface area contributed by atoms with Crippen LogP contribution in [-0.4, -0.2) is 23.8 Å². The summed E-state index contributed by atoms with van der Waals surface area (Å²) in [7, 11) is 0. The Morgan fingerprint density at radius 3 is 2.76 bits per heavy atom. The van der Waals surface area contributed by atoms with Crippen molar-refractivity contribution in [3.8, 4) is 11.5 Å². The summed E-state index contributed by atoms with van der Waals surface area (Å²) in [5.74, 6) is 0.368. The Morgan fingerprint density at radius 1 is 1.47 bits per heavy atom. The second-order valence-corrected chi connectivity index (χ2v) is 3.95. The third kappa shape index (κ3) is 4.34. The summed E-state index contributed by atoms with van der Waals surface area (Å²) in [5, 5.41) is 9.22. The van der Waals surface area contributed by atoms with Gasteiger partial charge in [-0.2, -0.15) is 0 Å². The van der Waals surface area contributed by atoms with Crippen molar-refractivity contribution >= 4 is 5.97 Å². The zero-order chi connectivity index (χ0) is 12.8. The Bertz CT molecular complexity index is 387. The number of carbonyl (C=O) groups is 1. The lowest BCUT2D eigenvalue weighted by atomic mass is 10.2. The van der Waals surface area contributed by atoms with Gasteiger partial charge in [0.2, 0.25) is 0 Å². The van der Waals surface area contributed by atoms with Crippen LogP contribution in [0.5, 0.6) is 11.5 Å². The van der Waals surface area contributed by atoms with Crippen LogP contribution in [0.25, 0.3) is 0 Å². The van der Waals surface area contributed by atoms with Crippen molar-refractivity contribution in [2.24, 2.45) is 0 Å². The largest absolute Gasteiger partial charge is 0.508 e. The molecule has 1 N–H and O–H groups in total. The summed E-state index contributed by atoms with van der Waals surface area (Å²) in [5.41, 5.74) is 0.779. The fourth-order valence-electron chi connectivity index (χ4n) is 1.27. The minimum atomic E-state index is -0.383. The predicted molar refractivity (Wildman–Crippen MR) is 64.2 cm³/mol. The Labute approximate surface area is 101 Å². The van der Waals surface area contributed by atoms with E-state index >= 15 is 0 Å². The molecular formula is C13H18O4. The van der Waals surface area contributed by atoms with Gasteiger partial charge in [-0.1, -0.05) is 6.92 Å².